The Bertz CT molecular complexity index is 436. The Hall–Kier alpha value is -1.00. The smallest absolute Gasteiger partial charge is 0.308 e. The molecule has 0 spiro atoms. The van der Waals surface area contributed by atoms with Gasteiger partial charge in [0, 0.05) is 17.8 Å². The molecule has 1 rings (SSSR count). The lowest BCUT2D eigenvalue weighted by Gasteiger charge is -2.27. The van der Waals surface area contributed by atoms with E-state index in [0.717, 1.165) is 0 Å². The number of halogens is 2. The Balaban J connectivity index is 2.75. The lowest BCUT2D eigenvalue weighted by molar-refractivity contribution is -0.144. The van der Waals surface area contributed by atoms with Gasteiger partial charge in [0.25, 0.3) is 0 Å². The molecule has 0 fully saturated rings. The molecular formula is C12H16Cl2N2O2. The lowest BCUT2D eigenvalue weighted by Crippen LogP contribution is -2.34. The van der Waals surface area contributed by atoms with Crippen LogP contribution in [0.2, 0.25) is 10.2 Å². The minimum absolute atomic E-state index is 0.233. The van der Waals surface area contributed by atoms with Crippen LogP contribution in [0.15, 0.2) is 12.3 Å². The summed E-state index contributed by atoms with van der Waals surface area (Å²) in [6.45, 7) is 5.91. The van der Waals surface area contributed by atoms with E-state index < -0.39 is 5.54 Å². The molecule has 0 bridgehead atoms. The maximum atomic E-state index is 11.5. The van der Waals surface area contributed by atoms with Crippen LogP contribution in [0, 0.1) is 0 Å². The number of ether oxygens (including phenoxy) is 1. The summed E-state index contributed by atoms with van der Waals surface area (Å²) in [4.78, 5) is 15.3. The number of hydrogen-bond donors (Lipinski definition) is 1. The Labute approximate surface area is 117 Å². The highest BCUT2D eigenvalue weighted by molar-refractivity contribution is 6.34. The standard InChI is InChI=1S/C12H16Cl2N2O2/c1-4-18-11(17)6-12(2,3)16-9-5-10(14)15-7-8(9)13/h5,7H,4,6H2,1-3H3,(H,15,16). The van der Waals surface area contributed by atoms with Crippen molar-refractivity contribution in [2.24, 2.45) is 0 Å². The number of carbonyl (C=O) groups is 1. The first kappa shape index (κ1) is 15.1. The summed E-state index contributed by atoms with van der Waals surface area (Å²) < 4.78 is 4.92. The predicted octanol–water partition coefficient (Wildman–Crippen LogP) is 3.53. The van der Waals surface area contributed by atoms with E-state index in [1.54, 1.807) is 13.0 Å². The van der Waals surface area contributed by atoms with Gasteiger partial charge < -0.3 is 10.1 Å². The van der Waals surface area contributed by atoms with E-state index >= 15 is 0 Å². The zero-order valence-corrected chi connectivity index (χ0v) is 12.1. The monoisotopic (exact) mass is 290 g/mol. The van der Waals surface area contributed by atoms with Crippen LogP contribution < -0.4 is 5.32 Å². The normalized spacial score (nSPS) is 11.2. The summed E-state index contributed by atoms with van der Waals surface area (Å²) in [6, 6.07) is 1.62. The zero-order valence-electron chi connectivity index (χ0n) is 10.6. The second kappa shape index (κ2) is 6.25. The lowest BCUT2D eigenvalue weighted by atomic mass is 10.0. The van der Waals surface area contributed by atoms with Gasteiger partial charge in [0.2, 0.25) is 0 Å². The third kappa shape index (κ3) is 4.70. The number of aromatic nitrogens is 1. The van der Waals surface area contributed by atoms with Crippen LogP contribution in [0.3, 0.4) is 0 Å². The molecule has 100 valence electrons. The van der Waals surface area contributed by atoms with Crippen molar-refractivity contribution in [1.29, 1.82) is 0 Å². The third-order valence-electron chi connectivity index (χ3n) is 2.19. The molecule has 0 aliphatic rings. The van der Waals surface area contributed by atoms with Crippen LogP contribution in [0.4, 0.5) is 5.69 Å². The molecule has 0 aliphatic heterocycles. The molecule has 0 saturated heterocycles. The molecule has 0 saturated carbocycles. The molecule has 0 unspecified atom stereocenters. The average Bonchev–Trinajstić information content (AvgIpc) is 2.22. The largest absolute Gasteiger partial charge is 0.466 e. The SMILES string of the molecule is CCOC(=O)CC(C)(C)Nc1cc(Cl)ncc1Cl. The topological polar surface area (TPSA) is 51.2 Å². The van der Waals surface area contributed by atoms with E-state index in [0.29, 0.717) is 22.5 Å². The summed E-state index contributed by atoms with van der Waals surface area (Å²) in [6.07, 6.45) is 1.70. The van der Waals surface area contributed by atoms with Gasteiger partial charge in [-0.1, -0.05) is 23.2 Å². The Kier molecular flexibility index (Phi) is 5.23. The van der Waals surface area contributed by atoms with Crippen LogP contribution >= 0.6 is 23.2 Å². The van der Waals surface area contributed by atoms with Gasteiger partial charge in [-0.15, -0.1) is 0 Å². The van der Waals surface area contributed by atoms with Crippen molar-refractivity contribution < 1.29 is 9.53 Å². The van der Waals surface area contributed by atoms with Crippen molar-refractivity contribution in [3.63, 3.8) is 0 Å². The van der Waals surface area contributed by atoms with Gasteiger partial charge in [-0.3, -0.25) is 4.79 Å². The average molecular weight is 291 g/mol. The molecule has 0 amide bonds. The van der Waals surface area contributed by atoms with Crippen molar-refractivity contribution in [3.05, 3.63) is 22.4 Å². The maximum absolute atomic E-state index is 11.5. The number of hydrogen-bond acceptors (Lipinski definition) is 4. The molecule has 0 aliphatic carbocycles. The number of nitrogens with zero attached hydrogens (tertiary/aromatic N) is 1. The molecule has 18 heavy (non-hydrogen) atoms. The van der Waals surface area contributed by atoms with Crippen LogP contribution in [-0.4, -0.2) is 23.1 Å². The summed E-state index contributed by atoms with van der Waals surface area (Å²) in [5.41, 5.74) is 0.159. The second-order valence-electron chi connectivity index (χ2n) is 4.48. The molecule has 1 heterocycles. The Morgan fingerprint density at radius 3 is 2.78 bits per heavy atom. The molecular weight excluding hydrogens is 275 g/mol. The fourth-order valence-electron chi connectivity index (χ4n) is 1.49. The van der Waals surface area contributed by atoms with E-state index in [9.17, 15) is 4.79 Å². The molecule has 0 radical (unpaired) electrons. The highest BCUT2D eigenvalue weighted by Gasteiger charge is 2.23. The minimum atomic E-state index is -0.486. The number of pyridine rings is 1. The molecule has 1 aromatic rings. The van der Waals surface area contributed by atoms with Gasteiger partial charge in [-0.2, -0.15) is 0 Å². The van der Waals surface area contributed by atoms with E-state index in [1.165, 1.54) is 6.20 Å². The highest BCUT2D eigenvalue weighted by atomic mass is 35.5. The molecule has 1 N–H and O–H groups in total. The van der Waals surface area contributed by atoms with Gasteiger partial charge in [0.15, 0.2) is 0 Å². The number of carbonyl (C=O) groups excluding carboxylic acids is 1. The highest BCUT2D eigenvalue weighted by Crippen LogP contribution is 2.27. The van der Waals surface area contributed by atoms with Crippen LogP contribution in [0.5, 0.6) is 0 Å². The van der Waals surface area contributed by atoms with E-state index in [4.69, 9.17) is 27.9 Å². The van der Waals surface area contributed by atoms with Gasteiger partial charge in [-0.05, 0) is 20.8 Å². The number of anilines is 1. The first-order valence-corrected chi connectivity index (χ1v) is 6.34. The van der Waals surface area contributed by atoms with Crippen molar-refractivity contribution in [1.82, 2.24) is 4.98 Å². The number of esters is 1. The van der Waals surface area contributed by atoms with Crippen molar-refractivity contribution in [2.45, 2.75) is 32.7 Å². The summed E-state index contributed by atoms with van der Waals surface area (Å²) in [7, 11) is 0. The second-order valence-corrected chi connectivity index (χ2v) is 5.27. The first-order valence-electron chi connectivity index (χ1n) is 5.59. The van der Waals surface area contributed by atoms with Gasteiger partial charge in [-0.25, -0.2) is 4.98 Å². The van der Waals surface area contributed by atoms with E-state index in [1.807, 2.05) is 13.8 Å². The third-order valence-corrected chi connectivity index (χ3v) is 2.69. The van der Waals surface area contributed by atoms with Crippen LogP contribution in [0.25, 0.3) is 0 Å². The fraction of sp³-hybridized carbons (Fsp3) is 0.500. The number of nitrogens with one attached hydrogen (secondary N) is 1. The quantitative estimate of drug-likeness (QED) is 0.666. The summed E-state index contributed by atoms with van der Waals surface area (Å²) in [5, 5.41) is 3.96. The van der Waals surface area contributed by atoms with Crippen molar-refractivity contribution >= 4 is 34.9 Å². The van der Waals surface area contributed by atoms with E-state index in [2.05, 4.69) is 10.3 Å². The fourth-order valence-corrected chi connectivity index (χ4v) is 1.80. The van der Waals surface area contributed by atoms with Crippen LogP contribution in [-0.2, 0) is 9.53 Å². The summed E-state index contributed by atoms with van der Waals surface area (Å²) in [5.74, 6) is -0.258. The van der Waals surface area contributed by atoms with Gasteiger partial charge in [0.05, 0.1) is 23.7 Å². The number of rotatable bonds is 5. The molecule has 4 nitrogen and oxygen atoms in total. The predicted molar refractivity (Wildman–Crippen MR) is 73.2 cm³/mol. The molecule has 0 aromatic carbocycles. The van der Waals surface area contributed by atoms with Crippen molar-refractivity contribution in [2.75, 3.05) is 11.9 Å². The minimum Gasteiger partial charge on any atom is -0.466 e. The van der Waals surface area contributed by atoms with E-state index in [-0.39, 0.29) is 12.4 Å². The molecule has 1 aromatic heterocycles. The molecule has 0 atom stereocenters. The van der Waals surface area contributed by atoms with Gasteiger partial charge >= 0.3 is 5.97 Å². The Morgan fingerprint density at radius 2 is 2.17 bits per heavy atom. The summed E-state index contributed by atoms with van der Waals surface area (Å²) >= 11 is 11.8. The molecule has 6 heteroatoms. The van der Waals surface area contributed by atoms with Crippen molar-refractivity contribution in [3.8, 4) is 0 Å². The first-order chi connectivity index (χ1) is 8.34. The van der Waals surface area contributed by atoms with Crippen LogP contribution in [0.1, 0.15) is 27.2 Å². The maximum Gasteiger partial charge on any atom is 0.308 e. The zero-order chi connectivity index (χ0) is 13.8. The Morgan fingerprint density at radius 1 is 1.50 bits per heavy atom. The van der Waals surface area contributed by atoms with Gasteiger partial charge in [0.1, 0.15) is 5.15 Å².